The van der Waals surface area contributed by atoms with Gasteiger partial charge in [-0.15, -0.1) is 0 Å². The summed E-state index contributed by atoms with van der Waals surface area (Å²) >= 11 is 0. The number of ether oxygens (including phenoxy) is 1. The third kappa shape index (κ3) is 11.0. The number of benzene rings is 1. The average Bonchev–Trinajstić information content (AvgIpc) is 3.39. The molecule has 0 N–H and O–H groups in total. The molecule has 2 aromatic heterocycles. The lowest BCUT2D eigenvalue weighted by Gasteiger charge is -2.23. The van der Waals surface area contributed by atoms with Crippen molar-refractivity contribution in [3.8, 4) is 0 Å². The van der Waals surface area contributed by atoms with Gasteiger partial charge in [0.25, 0.3) is 5.91 Å². The largest absolute Gasteiger partial charge is 0.406 e. The Kier molecular flexibility index (Phi) is 14.6. The highest BCUT2D eigenvalue weighted by atomic mass is 19.4. The predicted octanol–water partition coefficient (Wildman–Crippen LogP) is 8.00. The second-order valence-corrected chi connectivity index (χ2v) is 11.8. The normalized spacial score (nSPS) is 11.9. The number of hydrogen-bond donors (Lipinski definition) is 0. The Labute approximate surface area is 266 Å². The molecule has 1 aromatic carbocycles. The summed E-state index contributed by atoms with van der Waals surface area (Å²) in [4.78, 5) is 30.3. The number of aromatic nitrogens is 1. The van der Waals surface area contributed by atoms with Crippen LogP contribution < -0.4 is 0 Å². The first-order chi connectivity index (χ1) is 21.6. The van der Waals surface area contributed by atoms with Gasteiger partial charge in [0, 0.05) is 36.5 Å². The van der Waals surface area contributed by atoms with Crippen molar-refractivity contribution in [1.29, 1.82) is 0 Å². The van der Waals surface area contributed by atoms with E-state index >= 15 is 0 Å². The van der Waals surface area contributed by atoms with E-state index in [4.69, 9.17) is 4.74 Å². The zero-order valence-electron chi connectivity index (χ0n) is 27.4. The number of halogens is 3. The first-order valence-electron chi connectivity index (χ1n) is 16.5. The van der Waals surface area contributed by atoms with Gasteiger partial charge in [0.2, 0.25) is 5.78 Å². The van der Waals surface area contributed by atoms with Gasteiger partial charge in [0.1, 0.15) is 6.54 Å². The van der Waals surface area contributed by atoms with Gasteiger partial charge in [-0.1, -0.05) is 64.3 Å². The Morgan fingerprint density at radius 1 is 0.800 bits per heavy atom. The minimum Gasteiger partial charge on any atom is -0.383 e. The van der Waals surface area contributed by atoms with Gasteiger partial charge < -0.3 is 18.9 Å². The van der Waals surface area contributed by atoms with Crippen LogP contribution >= 0.6 is 0 Å². The van der Waals surface area contributed by atoms with E-state index < -0.39 is 18.6 Å². The fraction of sp³-hybridized carbons (Fsp3) is 0.556. The molecular weight excluding hydrogens is 579 g/mol. The number of alkyl halides is 3. The van der Waals surface area contributed by atoms with Crippen molar-refractivity contribution >= 4 is 17.2 Å². The van der Waals surface area contributed by atoms with E-state index in [-0.39, 0.29) is 24.5 Å². The Balaban J connectivity index is 1.81. The van der Waals surface area contributed by atoms with E-state index in [1.54, 1.807) is 16.7 Å². The molecule has 0 saturated heterocycles. The zero-order valence-corrected chi connectivity index (χ0v) is 27.4. The highest BCUT2D eigenvalue weighted by Gasteiger charge is 2.33. The summed E-state index contributed by atoms with van der Waals surface area (Å²) in [6.45, 7) is 8.33. The molecule has 0 fully saturated rings. The molecule has 0 radical (unpaired) electrons. The van der Waals surface area contributed by atoms with Crippen LogP contribution in [0.15, 0.2) is 48.7 Å². The van der Waals surface area contributed by atoms with Crippen LogP contribution in [-0.2, 0) is 17.6 Å². The number of rotatable bonds is 20. The van der Waals surface area contributed by atoms with Crippen molar-refractivity contribution in [3.05, 3.63) is 76.6 Å². The van der Waals surface area contributed by atoms with Crippen LogP contribution in [0.3, 0.4) is 0 Å². The highest BCUT2D eigenvalue weighted by molar-refractivity contribution is 6.10. The number of unbranched alkanes of at least 4 members (excludes halogenated alkanes) is 3. The van der Waals surface area contributed by atoms with Crippen LogP contribution in [0.2, 0.25) is 0 Å². The number of amides is 1. The Morgan fingerprint density at radius 3 is 2.04 bits per heavy atom. The van der Waals surface area contributed by atoms with Crippen LogP contribution in [0.5, 0.6) is 0 Å². The maximum absolute atomic E-state index is 13.9. The molecule has 248 valence electrons. The molecule has 1 amide bonds. The lowest BCUT2D eigenvalue weighted by atomic mass is 10.00. The fourth-order valence-electron chi connectivity index (χ4n) is 5.60. The SMILES string of the molecule is CCCCc1cc2cc(C(=O)N(CCOC)CC(F)(F)F)ccn2c1C(=O)c1ccc(CCCN(CCCC)CCCC)cc1. The maximum Gasteiger partial charge on any atom is 0.406 e. The third-order valence-electron chi connectivity index (χ3n) is 8.15. The summed E-state index contributed by atoms with van der Waals surface area (Å²) in [5.41, 5.74) is 3.90. The van der Waals surface area contributed by atoms with E-state index in [1.165, 1.54) is 44.4 Å². The van der Waals surface area contributed by atoms with Crippen molar-refractivity contribution in [1.82, 2.24) is 14.2 Å². The smallest absolute Gasteiger partial charge is 0.383 e. The minimum absolute atomic E-state index is 0.00976. The van der Waals surface area contributed by atoms with E-state index in [1.807, 2.05) is 30.3 Å². The van der Waals surface area contributed by atoms with Crippen LogP contribution in [0, 0.1) is 0 Å². The molecule has 45 heavy (non-hydrogen) atoms. The number of pyridine rings is 1. The molecule has 9 heteroatoms. The number of aryl methyl sites for hydroxylation is 2. The molecule has 0 saturated carbocycles. The predicted molar refractivity (Wildman–Crippen MR) is 174 cm³/mol. The second kappa shape index (κ2) is 18.1. The van der Waals surface area contributed by atoms with Crippen LogP contribution in [0.25, 0.3) is 5.52 Å². The molecular formula is C36H50F3N3O3. The van der Waals surface area contributed by atoms with Crippen molar-refractivity contribution in [2.24, 2.45) is 0 Å². The fourth-order valence-corrected chi connectivity index (χ4v) is 5.60. The number of ketones is 1. The average molecular weight is 630 g/mol. The first-order valence-corrected chi connectivity index (χ1v) is 16.5. The number of hydrogen-bond acceptors (Lipinski definition) is 4. The number of carbonyl (C=O) groups is 2. The minimum atomic E-state index is -4.53. The highest BCUT2D eigenvalue weighted by Crippen LogP contribution is 2.25. The van der Waals surface area contributed by atoms with Gasteiger partial charge in [-0.05, 0) is 87.5 Å². The summed E-state index contributed by atoms with van der Waals surface area (Å²) in [6, 6.07) is 12.8. The van der Waals surface area contributed by atoms with Crippen molar-refractivity contribution in [2.75, 3.05) is 46.4 Å². The van der Waals surface area contributed by atoms with E-state index in [2.05, 4.69) is 25.7 Å². The van der Waals surface area contributed by atoms with Crippen molar-refractivity contribution in [3.63, 3.8) is 0 Å². The summed E-state index contributed by atoms with van der Waals surface area (Å²) in [5, 5.41) is 0. The zero-order chi connectivity index (χ0) is 32.8. The molecule has 0 spiro atoms. The lowest BCUT2D eigenvalue weighted by Crippen LogP contribution is -2.40. The number of fused-ring (bicyclic) bond motifs is 1. The molecule has 3 rings (SSSR count). The van der Waals surface area contributed by atoms with Crippen LogP contribution in [0.4, 0.5) is 13.2 Å². The second-order valence-electron chi connectivity index (χ2n) is 11.8. The van der Waals surface area contributed by atoms with Gasteiger partial charge in [-0.3, -0.25) is 9.59 Å². The maximum atomic E-state index is 13.9. The molecule has 0 aliphatic heterocycles. The lowest BCUT2D eigenvalue weighted by molar-refractivity contribution is -0.141. The van der Waals surface area contributed by atoms with Gasteiger partial charge in [-0.2, -0.15) is 13.2 Å². The van der Waals surface area contributed by atoms with Gasteiger partial charge in [-0.25, -0.2) is 0 Å². The van der Waals surface area contributed by atoms with E-state index in [0.29, 0.717) is 23.2 Å². The summed E-state index contributed by atoms with van der Waals surface area (Å²) in [5.74, 6) is -0.846. The summed E-state index contributed by atoms with van der Waals surface area (Å²) < 4.78 is 46.3. The Hall–Kier alpha value is -3.17. The Morgan fingerprint density at radius 2 is 1.44 bits per heavy atom. The van der Waals surface area contributed by atoms with Crippen LogP contribution in [0.1, 0.15) is 103 Å². The quantitative estimate of drug-likeness (QED) is 0.119. The van der Waals surface area contributed by atoms with Crippen molar-refractivity contribution < 1.29 is 27.5 Å². The standard InChI is InChI=1S/C36H50F3N3O3/c1-5-8-13-30-25-32-26-31(35(44)41(23-24-45-4)27-36(37,38)39)18-22-42(32)33(30)34(43)29-16-14-28(15-17-29)12-11-21-40(19-9-6-2)20-10-7-3/h14-18,22,25-26H,5-13,19-21,23-24,27H2,1-4H3. The summed E-state index contributed by atoms with van der Waals surface area (Å²) in [7, 11) is 1.38. The number of carbonyl (C=O) groups excluding carboxylic acids is 2. The number of methoxy groups -OCH3 is 1. The molecule has 0 unspecified atom stereocenters. The van der Waals surface area contributed by atoms with Crippen molar-refractivity contribution in [2.45, 2.75) is 84.7 Å². The molecule has 0 bridgehead atoms. The van der Waals surface area contributed by atoms with Gasteiger partial charge in [0.05, 0.1) is 12.3 Å². The Bertz CT molecular complexity index is 1340. The van der Waals surface area contributed by atoms with Gasteiger partial charge >= 0.3 is 6.18 Å². The summed E-state index contributed by atoms with van der Waals surface area (Å²) in [6.07, 6.45) is 6.44. The molecule has 6 nitrogen and oxygen atoms in total. The molecule has 0 aliphatic rings. The molecule has 3 aromatic rings. The van der Waals surface area contributed by atoms with Crippen LogP contribution in [-0.4, -0.2) is 78.5 Å². The van der Waals surface area contributed by atoms with Gasteiger partial charge in [0.15, 0.2) is 0 Å². The third-order valence-corrected chi connectivity index (χ3v) is 8.15. The monoisotopic (exact) mass is 629 g/mol. The first kappa shape index (κ1) is 36.3. The number of nitrogens with zero attached hydrogens (tertiary/aromatic N) is 3. The molecule has 0 aliphatic carbocycles. The van der Waals surface area contributed by atoms with E-state index in [9.17, 15) is 22.8 Å². The molecule has 0 atom stereocenters. The van der Waals surface area contributed by atoms with E-state index in [0.717, 1.165) is 55.8 Å². The molecule has 2 heterocycles. The topological polar surface area (TPSA) is 54.3 Å².